The molecular formula is C13H23N4OP. The van der Waals surface area contributed by atoms with Gasteiger partial charge in [0.1, 0.15) is 5.82 Å². The van der Waals surface area contributed by atoms with E-state index in [4.69, 9.17) is 0 Å². The first-order chi connectivity index (χ1) is 8.85. The Morgan fingerprint density at radius 3 is 2.84 bits per heavy atom. The highest BCUT2D eigenvalue weighted by Crippen LogP contribution is 2.33. The van der Waals surface area contributed by atoms with E-state index in [-0.39, 0.29) is 17.2 Å². The minimum Gasteiger partial charge on any atom is -0.338 e. The normalized spacial score (nSPS) is 15.4. The van der Waals surface area contributed by atoms with Gasteiger partial charge in [-0.3, -0.25) is 0 Å². The lowest BCUT2D eigenvalue weighted by molar-refractivity contribution is 0.236. The highest BCUT2D eigenvalue weighted by molar-refractivity contribution is 7.18. The quantitative estimate of drug-likeness (QED) is 0.811. The van der Waals surface area contributed by atoms with Crippen LogP contribution in [0.5, 0.6) is 0 Å². The highest BCUT2D eigenvalue weighted by atomic mass is 31.0. The first-order valence-electron chi connectivity index (χ1n) is 6.48. The van der Waals surface area contributed by atoms with Crippen molar-refractivity contribution < 1.29 is 4.79 Å². The predicted octanol–water partition coefficient (Wildman–Crippen LogP) is 1.97. The molecule has 0 saturated carbocycles. The van der Waals surface area contributed by atoms with Crippen molar-refractivity contribution in [3.63, 3.8) is 0 Å². The van der Waals surface area contributed by atoms with Crippen molar-refractivity contribution in [2.24, 2.45) is 0 Å². The lowest BCUT2D eigenvalue weighted by atomic mass is 10.0. The molecule has 0 aromatic carbocycles. The molecule has 19 heavy (non-hydrogen) atoms. The summed E-state index contributed by atoms with van der Waals surface area (Å²) >= 11 is 0. The maximum atomic E-state index is 11.5. The molecule has 6 heteroatoms. The number of aromatic nitrogens is 2. The molecule has 0 radical (unpaired) electrons. The maximum Gasteiger partial charge on any atom is 0.314 e. The Morgan fingerprint density at radius 1 is 1.58 bits per heavy atom. The van der Waals surface area contributed by atoms with Crippen molar-refractivity contribution in [1.82, 2.24) is 20.6 Å². The van der Waals surface area contributed by atoms with Crippen LogP contribution in [-0.4, -0.2) is 28.6 Å². The molecule has 5 nitrogen and oxygen atoms in total. The molecule has 2 N–H and O–H groups in total. The van der Waals surface area contributed by atoms with E-state index in [0.29, 0.717) is 6.54 Å². The zero-order valence-corrected chi connectivity index (χ0v) is 13.2. The molecule has 0 aliphatic rings. The molecular weight excluding hydrogens is 259 g/mol. The standard InChI is InChI=1S/C13H23N4OP/c1-5-14-12(18)17-10(3)8-13(4,19)11-15-7-6-9(2)16-11/h6-7,10H,5,8,19H2,1-4H3,(H2,14,17,18). The fourth-order valence-electron chi connectivity index (χ4n) is 1.94. The molecule has 1 heterocycles. The molecule has 0 saturated heterocycles. The Balaban J connectivity index is 2.66. The van der Waals surface area contributed by atoms with E-state index in [9.17, 15) is 4.79 Å². The van der Waals surface area contributed by atoms with Crippen LogP contribution in [-0.2, 0) is 5.16 Å². The van der Waals surface area contributed by atoms with Crippen LogP contribution in [0.1, 0.15) is 38.7 Å². The van der Waals surface area contributed by atoms with Crippen molar-refractivity contribution >= 4 is 15.3 Å². The van der Waals surface area contributed by atoms with Crippen LogP contribution in [0.3, 0.4) is 0 Å². The lowest BCUT2D eigenvalue weighted by Gasteiger charge is -2.27. The molecule has 0 fully saturated rings. The summed E-state index contributed by atoms with van der Waals surface area (Å²) < 4.78 is 0. The molecule has 106 valence electrons. The van der Waals surface area contributed by atoms with Gasteiger partial charge in [0.15, 0.2) is 0 Å². The summed E-state index contributed by atoms with van der Waals surface area (Å²) in [5.74, 6) is 0.780. The van der Waals surface area contributed by atoms with Crippen LogP contribution in [0.15, 0.2) is 12.3 Å². The summed E-state index contributed by atoms with van der Waals surface area (Å²) in [7, 11) is 2.79. The summed E-state index contributed by atoms with van der Waals surface area (Å²) in [5, 5.41) is 5.37. The molecule has 1 aromatic rings. The number of carbonyl (C=O) groups is 1. The van der Waals surface area contributed by atoms with Gasteiger partial charge in [-0.2, -0.15) is 0 Å². The van der Waals surface area contributed by atoms with Gasteiger partial charge in [0, 0.05) is 29.6 Å². The van der Waals surface area contributed by atoms with Crippen LogP contribution >= 0.6 is 9.24 Å². The Morgan fingerprint density at radius 2 is 2.26 bits per heavy atom. The number of aryl methyl sites for hydroxylation is 1. The molecule has 0 spiro atoms. The van der Waals surface area contributed by atoms with E-state index in [2.05, 4.69) is 36.8 Å². The Hall–Kier alpha value is -1.22. The van der Waals surface area contributed by atoms with Gasteiger partial charge in [-0.1, -0.05) is 0 Å². The van der Waals surface area contributed by atoms with Crippen LogP contribution in [0.2, 0.25) is 0 Å². The van der Waals surface area contributed by atoms with Gasteiger partial charge in [-0.15, -0.1) is 9.24 Å². The zero-order valence-electron chi connectivity index (χ0n) is 12.0. The maximum absolute atomic E-state index is 11.5. The monoisotopic (exact) mass is 282 g/mol. The third-order valence-electron chi connectivity index (χ3n) is 2.75. The van der Waals surface area contributed by atoms with Gasteiger partial charge in [0.2, 0.25) is 0 Å². The number of carbonyl (C=O) groups excluding carboxylic acids is 1. The van der Waals surface area contributed by atoms with E-state index in [1.807, 2.05) is 26.8 Å². The number of hydrogen-bond acceptors (Lipinski definition) is 3. The van der Waals surface area contributed by atoms with Crippen molar-refractivity contribution in [2.75, 3.05) is 6.54 Å². The second-order valence-corrected chi connectivity index (χ2v) is 6.32. The van der Waals surface area contributed by atoms with E-state index in [0.717, 1.165) is 17.9 Å². The number of urea groups is 1. The van der Waals surface area contributed by atoms with Gasteiger partial charge >= 0.3 is 6.03 Å². The van der Waals surface area contributed by atoms with E-state index in [1.54, 1.807) is 6.20 Å². The lowest BCUT2D eigenvalue weighted by Crippen LogP contribution is -2.42. The largest absolute Gasteiger partial charge is 0.338 e. The Bertz CT molecular complexity index is 436. The smallest absolute Gasteiger partial charge is 0.314 e. The number of nitrogens with one attached hydrogen (secondary N) is 2. The van der Waals surface area contributed by atoms with Gasteiger partial charge in [0.05, 0.1) is 0 Å². The predicted molar refractivity (Wildman–Crippen MR) is 80.1 cm³/mol. The fourth-order valence-corrected chi connectivity index (χ4v) is 2.43. The third-order valence-corrected chi connectivity index (χ3v) is 3.24. The molecule has 2 amide bonds. The van der Waals surface area contributed by atoms with Crippen molar-refractivity contribution in [1.29, 1.82) is 0 Å². The summed E-state index contributed by atoms with van der Waals surface area (Å²) in [5.41, 5.74) is 0.947. The minimum atomic E-state index is -0.259. The van der Waals surface area contributed by atoms with Gasteiger partial charge in [-0.25, -0.2) is 14.8 Å². The summed E-state index contributed by atoms with van der Waals surface area (Å²) in [6.45, 7) is 8.50. The molecule has 3 atom stereocenters. The first-order valence-corrected chi connectivity index (χ1v) is 7.06. The van der Waals surface area contributed by atoms with Gasteiger partial charge < -0.3 is 10.6 Å². The van der Waals surface area contributed by atoms with Gasteiger partial charge in [0.25, 0.3) is 0 Å². The number of rotatable bonds is 5. The van der Waals surface area contributed by atoms with E-state index >= 15 is 0 Å². The van der Waals surface area contributed by atoms with Crippen LogP contribution in [0, 0.1) is 6.92 Å². The minimum absolute atomic E-state index is 0.0400. The van der Waals surface area contributed by atoms with Crippen LogP contribution in [0.4, 0.5) is 4.79 Å². The zero-order chi connectivity index (χ0) is 14.5. The van der Waals surface area contributed by atoms with Crippen molar-refractivity contribution in [2.45, 2.75) is 45.3 Å². The molecule has 3 unspecified atom stereocenters. The molecule has 1 rings (SSSR count). The van der Waals surface area contributed by atoms with Gasteiger partial charge in [-0.05, 0) is 40.2 Å². The number of hydrogen-bond donors (Lipinski definition) is 2. The molecule has 0 aliphatic heterocycles. The third kappa shape index (κ3) is 5.11. The summed E-state index contributed by atoms with van der Waals surface area (Å²) in [6.07, 6.45) is 2.51. The highest BCUT2D eigenvalue weighted by Gasteiger charge is 2.27. The Labute approximate surface area is 117 Å². The second-order valence-electron chi connectivity index (χ2n) is 5.05. The van der Waals surface area contributed by atoms with Crippen molar-refractivity contribution in [3.05, 3.63) is 23.8 Å². The topological polar surface area (TPSA) is 66.9 Å². The average Bonchev–Trinajstić information content (AvgIpc) is 2.28. The van der Waals surface area contributed by atoms with Crippen LogP contribution < -0.4 is 10.6 Å². The average molecular weight is 282 g/mol. The number of amides is 2. The summed E-state index contributed by atoms with van der Waals surface area (Å²) in [6, 6.07) is 1.78. The SMILES string of the molecule is CCNC(=O)NC(C)CC(C)(P)c1nccc(C)n1. The first kappa shape index (κ1) is 15.8. The second kappa shape index (κ2) is 6.80. The van der Waals surface area contributed by atoms with E-state index in [1.165, 1.54) is 0 Å². The molecule has 1 aromatic heterocycles. The van der Waals surface area contributed by atoms with Crippen molar-refractivity contribution in [3.8, 4) is 0 Å². The van der Waals surface area contributed by atoms with E-state index < -0.39 is 0 Å². The molecule has 0 aliphatic carbocycles. The fraction of sp³-hybridized carbons (Fsp3) is 0.615. The Kier molecular flexibility index (Phi) is 5.67. The number of nitrogens with zero attached hydrogens (tertiary/aromatic N) is 2. The molecule has 0 bridgehead atoms. The summed E-state index contributed by atoms with van der Waals surface area (Å²) in [4.78, 5) is 20.2. The van der Waals surface area contributed by atoms with Crippen LogP contribution in [0.25, 0.3) is 0 Å².